The molecular weight excluding hydrogens is 474 g/mol. The van der Waals surface area contributed by atoms with Crippen molar-refractivity contribution < 1.29 is 14.3 Å². The number of methoxy groups -OCH3 is 2. The van der Waals surface area contributed by atoms with Crippen molar-refractivity contribution in [1.82, 2.24) is 9.91 Å². The van der Waals surface area contributed by atoms with Crippen LogP contribution < -0.4 is 9.47 Å². The summed E-state index contributed by atoms with van der Waals surface area (Å²) in [6, 6.07) is 24.5. The molecule has 38 heavy (non-hydrogen) atoms. The van der Waals surface area contributed by atoms with Crippen LogP contribution in [-0.4, -0.2) is 55.4 Å². The van der Waals surface area contributed by atoms with Crippen LogP contribution in [0.25, 0.3) is 0 Å². The lowest BCUT2D eigenvalue weighted by molar-refractivity contribution is -0.134. The minimum absolute atomic E-state index is 0.0171. The zero-order valence-electron chi connectivity index (χ0n) is 22.6. The van der Waals surface area contributed by atoms with E-state index in [1.165, 1.54) is 11.1 Å². The van der Waals surface area contributed by atoms with Crippen LogP contribution in [0.3, 0.4) is 0 Å². The van der Waals surface area contributed by atoms with Gasteiger partial charge in [-0.25, -0.2) is 5.01 Å². The number of aryl methyl sites for hydroxylation is 1. The molecule has 1 fully saturated rings. The highest BCUT2D eigenvalue weighted by Gasteiger charge is 2.36. The highest BCUT2D eigenvalue weighted by atomic mass is 16.5. The molecule has 5 rings (SSSR count). The van der Waals surface area contributed by atoms with Gasteiger partial charge in [0.1, 0.15) is 11.5 Å². The number of likely N-dealkylation sites (tertiary alicyclic amines) is 1. The predicted molar refractivity (Wildman–Crippen MR) is 151 cm³/mol. The van der Waals surface area contributed by atoms with E-state index in [1.54, 1.807) is 19.2 Å². The topological polar surface area (TPSA) is 54.4 Å². The molecule has 0 spiro atoms. The Labute approximate surface area is 225 Å². The molecule has 1 amide bonds. The van der Waals surface area contributed by atoms with E-state index < -0.39 is 0 Å². The summed E-state index contributed by atoms with van der Waals surface area (Å²) in [5.41, 5.74) is 5.45. The predicted octanol–water partition coefficient (Wildman–Crippen LogP) is 5.64. The fourth-order valence-corrected chi connectivity index (χ4v) is 5.56. The Bertz CT molecular complexity index is 1260. The molecule has 2 heterocycles. The Hall–Kier alpha value is -3.64. The number of hydrogen-bond acceptors (Lipinski definition) is 5. The van der Waals surface area contributed by atoms with Crippen LogP contribution in [0.15, 0.2) is 77.9 Å². The van der Waals surface area contributed by atoms with E-state index in [2.05, 4.69) is 66.4 Å². The Kier molecular flexibility index (Phi) is 8.08. The summed E-state index contributed by atoms with van der Waals surface area (Å²) in [4.78, 5) is 16.0. The molecule has 198 valence electrons. The van der Waals surface area contributed by atoms with Crippen molar-refractivity contribution in [3.8, 4) is 11.5 Å². The van der Waals surface area contributed by atoms with Gasteiger partial charge in [0, 0.05) is 12.0 Å². The van der Waals surface area contributed by atoms with Gasteiger partial charge >= 0.3 is 0 Å². The van der Waals surface area contributed by atoms with Crippen molar-refractivity contribution in [1.29, 1.82) is 0 Å². The third-order valence-corrected chi connectivity index (χ3v) is 7.78. The number of benzene rings is 3. The molecule has 0 bridgehead atoms. The first-order valence-electron chi connectivity index (χ1n) is 13.5. The molecular formula is C32H37N3O3. The number of hydrazone groups is 1. The quantitative estimate of drug-likeness (QED) is 0.393. The summed E-state index contributed by atoms with van der Waals surface area (Å²) >= 11 is 0. The third kappa shape index (κ3) is 5.91. The molecule has 2 aliphatic rings. The zero-order chi connectivity index (χ0) is 26.5. The molecule has 6 nitrogen and oxygen atoms in total. The largest absolute Gasteiger partial charge is 0.497 e. The van der Waals surface area contributed by atoms with E-state index in [1.807, 2.05) is 18.2 Å². The van der Waals surface area contributed by atoms with E-state index in [4.69, 9.17) is 14.6 Å². The number of carbonyl (C=O) groups excluding carboxylic acids is 1. The number of carbonyl (C=O) groups is 1. The SMILES string of the molecule is COc1ccc(OC)c(C2CC(c3ccc(C)cc3)=NN2C(=O)CN2CCC(Cc3ccccc3)CC2)c1. The van der Waals surface area contributed by atoms with Gasteiger partial charge in [0.05, 0.1) is 32.5 Å². The molecule has 1 unspecified atom stereocenters. The maximum Gasteiger partial charge on any atom is 0.257 e. The van der Waals surface area contributed by atoms with Crippen molar-refractivity contribution in [2.75, 3.05) is 33.9 Å². The summed E-state index contributed by atoms with van der Waals surface area (Å²) in [6.45, 7) is 4.30. The van der Waals surface area contributed by atoms with Gasteiger partial charge in [-0.05, 0) is 74.5 Å². The standard InChI is InChI=1S/C32H37N3O3/c1-23-9-11-26(12-10-23)29-21-30(28-20-27(37-2)13-14-31(28)38-3)35(33-29)32(36)22-34-17-15-25(16-18-34)19-24-7-5-4-6-8-24/h4-14,20,25,30H,15-19,21-22H2,1-3H3. The molecule has 6 heteroatoms. The summed E-state index contributed by atoms with van der Waals surface area (Å²) in [6.07, 6.45) is 3.94. The number of ether oxygens (including phenoxy) is 2. The normalized spacial score (nSPS) is 18.3. The molecule has 3 aromatic carbocycles. The Morgan fingerprint density at radius 1 is 0.947 bits per heavy atom. The van der Waals surface area contributed by atoms with Gasteiger partial charge in [-0.15, -0.1) is 0 Å². The van der Waals surface area contributed by atoms with E-state index in [0.717, 1.165) is 60.7 Å². The average Bonchev–Trinajstić information content (AvgIpc) is 3.40. The number of hydrogen-bond donors (Lipinski definition) is 0. The van der Waals surface area contributed by atoms with Crippen LogP contribution in [0.4, 0.5) is 0 Å². The second-order valence-corrected chi connectivity index (χ2v) is 10.4. The van der Waals surface area contributed by atoms with Crippen LogP contribution in [0.1, 0.15) is 47.6 Å². The minimum atomic E-state index is -0.250. The van der Waals surface area contributed by atoms with Crippen molar-refractivity contribution in [3.05, 3.63) is 95.1 Å². The Morgan fingerprint density at radius 3 is 2.37 bits per heavy atom. The molecule has 0 aromatic heterocycles. The number of amides is 1. The van der Waals surface area contributed by atoms with E-state index >= 15 is 0 Å². The second-order valence-electron chi connectivity index (χ2n) is 10.4. The zero-order valence-corrected chi connectivity index (χ0v) is 22.6. The van der Waals surface area contributed by atoms with Crippen LogP contribution in [0.5, 0.6) is 11.5 Å². The molecule has 0 aliphatic carbocycles. The van der Waals surface area contributed by atoms with Gasteiger partial charge in [-0.1, -0.05) is 60.2 Å². The van der Waals surface area contributed by atoms with Crippen molar-refractivity contribution in [3.63, 3.8) is 0 Å². The molecule has 3 aromatic rings. The fourth-order valence-electron chi connectivity index (χ4n) is 5.56. The molecule has 0 saturated carbocycles. The summed E-state index contributed by atoms with van der Waals surface area (Å²) in [5, 5.41) is 6.57. The monoisotopic (exact) mass is 511 g/mol. The smallest absolute Gasteiger partial charge is 0.257 e. The molecule has 2 aliphatic heterocycles. The minimum Gasteiger partial charge on any atom is -0.497 e. The van der Waals surface area contributed by atoms with Crippen molar-refractivity contribution in [2.24, 2.45) is 11.0 Å². The van der Waals surface area contributed by atoms with Crippen LogP contribution in [-0.2, 0) is 11.2 Å². The van der Waals surface area contributed by atoms with Crippen LogP contribution in [0.2, 0.25) is 0 Å². The number of rotatable bonds is 8. The third-order valence-electron chi connectivity index (χ3n) is 7.78. The first kappa shape index (κ1) is 26.0. The lowest BCUT2D eigenvalue weighted by Gasteiger charge is -2.33. The number of nitrogens with zero attached hydrogens (tertiary/aromatic N) is 3. The molecule has 1 saturated heterocycles. The molecule has 0 N–H and O–H groups in total. The molecule has 1 atom stereocenters. The first-order valence-corrected chi connectivity index (χ1v) is 13.5. The first-order chi connectivity index (χ1) is 18.5. The maximum absolute atomic E-state index is 13.8. The van der Waals surface area contributed by atoms with E-state index in [-0.39, 0.29) is 11.9 Å². The maximum atomic E-state index is 13.8. The van der Waals surface area contributed by atoms with Crippen molar-refractivity contribution in [2.45, 2.75) is 38.6 Å². The summed E-state index contributed by atoms with van der Waals surface area (Å²) in [5.74, 6) is 2.15. The van der Waals surface area contributed by atoms with Gasteiger partial charge in [0.25, 0.3) is 5.91 Å². The summed E-state index contributed by atoms with van der Waals surface area (Å²) in [7, 11) is 3.31. The van der Waals surface area contributed by atoms with Gasteiger partial charge in [-0.2, -0.15) is 5.10 Å². The van der Waals surface area contributed by atoms with Crippen LogP contribution >= 0.6 is 0 Å². The lowest BCUT2D eigenvalue weighted by atomic mass is 9.90. The highest BCUT2D eigenvalue weighted by molar-refractivity contribution is 6.03. The fraction of sp³-hybridized carbons (Fsp3) is 0.375. The van der Waals surface area contributed by atoms with Gasteiger partial charge in [0.2, 0.25) is 0 Å². The van der Waals surface area contributed by atoms with E-state index in [0.29, 0.717) is 18.9 Å². The van der Waals surface area contributed by atoms with Gasteiger partial charge in [0.15, 0.2) is 0 Å². The lowest BCUT2D eigenvalue weighted by Crippen LogP contribution is -2.42. The van der Waals surface area contributed by atoms with Gasteiger partial charge < -0.3 is 9.47 Å². The van der Waals surface area contributed by atoms with Gasteiger partial charge in [-0.3, -0.25) is 9.69 Å². The van der Waals surface area contributed by atoms with E-state index in [9.17, 15) is 4.79 Å². The van der Waals surface area contributed by atoms with Crippen LogP contribution in [0, 0.1) is 12.8 Å². The average molecular weight is 512 g/mol. The molecule has 0 radical (unpaired) electrons. The Morgan fingerprint density at radius 2 is 1.68 bits per heavy atom. The van der Waals surface area contributed by atoms with Crippen molar-refractivity contribution >= 4 is 11.6 Å². The number of piperidine rings is 1. The Balaban J connectivity index is 1.32. The summed E-state index contributed by atoms with van der Waals surface area (Å²) < 4.78 is 11.2. The highest BCUT2D eigenvalue weighted by Crippen LogP contribution is 2.39. The second kappa shape index (κ2) is 11.8.